The Morgan fingerprint density at radius 3 is 2.92 bits per heavy atom. The molecule has 1 aliphatic heterocycles. The number of amides is 1. The monoisotopic (exact) mass is 324 g/mol. The summed E-state index contributed by atoms with van der Waals surface area (Å²) in [4.78, 5) is 14.2. The highest BCUT2D eigenvalue weighted by molar-refractivity contribution is 5.87. The van der Waals surface area contributed by atoms with Crippen molar-refractivity contribution in [3.8, 4) is 6.07 Å². The lowest BCUT2D eigenvalue weighted by atomic mass is 9.77. The van der Waals surface area contributed by atoms with Crippen molar-refractivity contribution in [2.45, 2.75) is 57.9 Å². The van der Waals surface area contributed by atoms with Crippen LogP contribution in [0.1, 0.15) is 49.8 Å². The summed E-state index contributed by atoms with van der Waals surface area (Å²) in [5, 5.41) is 8.79. The van der Waals surface area contributed by atoms with Crippen LogP contribution in [0, 0.1) is 17.2 Å². The lowest BCUT2D eigenvalue weighted by Crippen LogP contribution is -2.46. The van der Waals surface area contributed by atoms with Crippen molar-refractivity contribution >= 4 is 5.91 Å². The maximum atomic E-state index is 12.3. The van der Waals surface area contributed by atoms with E-state index in [1.54, 1.807) is 0 Å². The van der Waals surface area contributed by atoms with Crippen molar-refractivity contribution in [3.63, 3.8) is 0 Å². The molecule has 0 N–H and O–H groups in total. The predicted octanol–water partition coefficient (Wildman–Crippen LogP) is 3.66. The predicted molar refractivity (Wildman–Crippen MR) is 91.7 cm³/mol. The number of hydrogen-bond donors (Lipinski definition) is 0. The second kappa shape index (κ2) is 6.41. The van der Waals surface area contributed by atoms with E-state index in [4.69, 9.17) is 10.00 Å². The van der Waals surface area contributed by atoms with Gasteiger partial charge in [-0.15, -0.1) is 0 Å². The van der Waals surface area contributed by atoms with Gasteiger partial charge in [0, 0.05) is 19.0 Å². The zero-order chi connectivity index (χ0) is 17.3. The molecule has 126 valence electrons. The lowest BCUT2D eigenvalue weighted by Gasteiger charge is -2.42. The molecule has 0 atom stereocenters. The fourth-order valence-electron chi connectivity index (χ4n) is 3.74. The van der Waals surface area contributed by atoms with Gasteiger partial charge in [-0.25, -0.2) is 0 Å². The molecule has 1 saturated carbocycles. The van der Waals surface area contributed by atoms with Gasteiger partial charge in [-0.1, -0.05) is 24.8 Å². The Morgan fingerprint density at radius 2 is 2.25 bits per heavy atom. The summed E-state index contributed by atoms with van der Waals surface area (Å²) in [5.74, 6) is 0.391. The van der Waals surface area contributed by atoms with Gasteiger partial charge in [-0.3, -0.25) is 4.79 Å². The highest BCUT2D eigenvalue weighted by Gasteiger charge is 2.35. The molecule has 1 aliphatic carbocycles. The smallest absolute Gasteiger partial charge is 0.246 e. The summed E-state index contributed by atoms with van der Waals surface area (Å²) in [6.45, 7) is 9.00. The second-order valence-corrected chi connectivity index (χ2v) is 7.31. The number of carbonyl (C=O) groups excluding carboxylic acids is 1. The van der Waals surface area contributed by atoms with Crippen LogP contribution in [0.5, 0.6) is 0 Å². The molecule has 4 nitrogen and oxygen atoms in total. The van der Waals surface area contributed by atoms with Crippen LogP contribution in [-0.2, 0) is 28.3 Å². The molecule has 1 heterocycles. The maximum absolute atomic E-state index is 12.3. The topological polar surface area (TPSA) is 53.3 Å². The van der Waals surface area contributed by atoms with E-state index in [0.717, 1.165) is 18.4 Å². The highest BCUT2D eigenvalue weighted by atomic mass is 16.5. The summed E-state index contributed by atoms with van der Waals surface area (Å²) >= 11 is 0. The van der Waals surface area contributed by atoms with Gasteiger partial charge in [-0.05, 0) is 55.4 Å². The average molecular weight is 324 g/mol. The summed E-state index contributed by atoms with van der Waals surface area (Å²) in [7, 11) is 0. The molecule has 1 aromatic carbocycles. The summed E-state index contributed by atoms with van der Waals surface area (Å²) < 4.78 is 5.83. The number of fused-ring (bicyclic) bond motifs is 1. The van der Waals surface area contributed by atoms with Crippen LogP contribution in [0.3, 0.4) is 0 Å². The van der Waals surface area contributed by atoms with Gasteiger partial charge in [0.25, 0.3) is 0 Å². The minimum atomic E-state index is -0.233. The van der Waals surface area contributed by atoms with Crippen LogP contribution >= 0.6 is 0 Å². The molecule has 0 radical (unpaired) electrons. The van der Waals surface area contributed by atoms with Crippen LogP contribution in [0.25, 0.3) is 0 Å². The van der Waals surface area contributed by atoms with Crippen molar-refractivity contribution in [3.05, 3.63) is 47.5 Å². The molecular formula is C20H24N2O2. The fourth-order valence-corrected chi connectivity index (χ4v) is 3.74. The minimum absolute atomic E-state index is 0.0347. The summed E-state index contributed by atoms with van der Waals surface area (Å²) in [5.41, 5.74) is 3.32. The van der Waals surface area contributed by atoms with E-state index < -0.39 is 0 Å². The average Bonchev–Trinajstić information content (AvgIpc) is 2.83. The molecule has 4 heteroatoms. The van der Waals surface area contributed by atoms with Crippen LogP contribution in [-0.4, -0.2) is 16.8 Å². The summed E-state index contributed by atoms with van der Waals surface area (Å²) in [6.07, 6.45) is 3.79. The Labute approximate surface area is 143 Å². The van der Waals surface area contributed by atoms with E-state index in [2.05, 4.69) is 44.7 Å². The van der Waals surface area contributed by atoms with E-state index >= 15 is 0 Å². The third kappa shape index (κ3) is 3.09. The molecule has 0 bridgehead atoms. The molecule has 0 unspecified atom stereocenters. The fraction of sp³-hybridized carbons (Fsp3) is 0.500. The van der Waals surface area contributed by atoms with Gasteiger partial charge in [0.1, 0.15) is 0 Å². The van der Waals surface area contributed by atoms with Crippen LogP contribution in [0.2, 0.25) is 0 Å². The standard InChI is InChI=1S/C20H24N2O2/c1-4-19(23)22(17-10-14(11-17)7-8-21)12-15-5-6-18-16(9-15)13-24-20(18,2)3/h4-6,9,14,17H,1,7,10-13H2,2-3H3. The molecule has 2 aliphatic rings. The first-order chi connectivity index (χ1) is 11.4. The maximum Gasteiger partial charge on any atom is 0.246 e. The number of nitriles is 1. The number of nitrogens with zero attached hydrogens (tertiary/aromatic N) is 2. The van der Waals surface area contributed by atoms with Crippen molar-refractivity contribution in [1.82, 2.24) is 4.90 Å². The van der Waals surface area contributed by atoms with E-state index in [0.29, 0.717) is 25.5 Å². The zero-order valence-electron chi connectivity index (χ0n) is 14.4. The van der Waals surface area contributed by atoms with Crippen LogP contribution in [0.4, 0.5) is 0 Å². The Balaban J connectivity index is 1.73. The lowest BCUT2D eigenvalue weighted by molar-refractivity contribution is -0.131. The number of benzene rings is 1. The van der Waals surface area contributed by atoms with Crippen molar-refractivity contribution < 1.29 is 9.53 Å². The van der Waals surface area contributed by atoms with Gasteiger partial charge in [0.15, 0.2) is 0 Å². The van der Waals surface area contributed by atoms with E-state index in [-0.39, 0.29) is 17.6 Å². The third-order valence-corrected chi connectivity index (χ3v) is 5.25. The number of ether oxygens (including phenoxy) is 1. The van der Waals surface area contributed by atoms with Crippen LogP contribution in [0.15, 0.2) is 30.9 Å². The van der Waals surface area contributed by atoms with Crippen molar-refractivity contribution in [2.24, 2.45) is 5.92 Å². The van der Waals surface area contributed by atoms with Crippen molar-refractivity contribution in [2.75, 3.05) is 0 Å². The number of hydrogen-bond acceptors (Lipinski definition) is 3. The quantitative estimate of drug-likeness (QED) is 0.777. The number of rotatable bonds is 5. The first kappa shape index (κ1) is 16.7. The third-order valence-electron chi connectivity index (χ3n) is 5.25. The van der Waals surface area contributed by atoms with Gasteiger partial charge in [0.05, 0.1) is 18.3 Å². The van der Waals surface area contributed by atoms with Crippen molar-refractivity contribution in [1.29, 1.82) is 5.26 Å². The van der Waals surface area contributed by atoms with Gasteiger partial charge in [-0.2, -0.15) is 5.26 Å². The van der Waals surface area contributed by atoms with E-state index in [1.165, 1.54) is 17.2 Å². The van der Waals surface area contributed by atoms with Crippen LogP contribution < -0.4 is 0 Å². The van der Waals surface area contributed by atoms with E-state index in [1.807, 2.05) is 4.90 Å². The van der Waals surface area contributed by atoms with Gasteiger partial charge in [0.2, 0.25) is 5.91 Å². The van der Waals surface area contributed by atoms with Gasteiger partial charge < -0.3 is 9.64 Å². The van der Waals surface area contributed by atoms with E-state index in [9.17, 15) is 4.79 Å². The zero-order valence-corrected chi connectivity index (χ0v) is 14.4. The number of carbonyl (C=O) groups is 1. The second-order valence-electron chi connectivity index (χ2n) is 7.31. The molecule has 1 amide bonds. The Kier molecular flexibility index (Phi) is 4.47. The molecule has 3 rings (SSSR count). The molecule has 24 heavy (non-hydrogen) atoms. The molecule has 1 aromatic rings. The molecule has 0 saturated heterocycles. The normalized spacial score (nSPS) is 23.7. The largest absolute Gasteiger partial charge is 0.366 e. The summed E-state index contributed by atoms with van der Waals surface area (Å²) in [6, 6.07) is 8.80. The minimum Gasteiger partial charge on any atom is -0.366 e. The molecule has 0 aromatic heterocycles. The Bertz CT molecular complexity index is 696. The van der Waals surface area contributed by atoms with Gasteiger partial charge >= 0.3 is 0 Å². The molecule has 1 fully saturated rings. The Morgan fingerprint density at radius 1 is 1.50 bits per heavy atom. The SMILES string of the molecule is C=CC(=O)N(Cc1ccc2c(c1)COC2(C)C)C1CC(CC#N)C1. The highest BCUT2D eigenvalue weighted by Crippen LogP contribution is 2.37. The first-order valence-corrected chi connectivity index (χ1v) is 8.51. The molecule has 0 spiro atoms. The Hall–Kier alpha value is -2.12. The first-order valence-electron chi connectivity index (χ1n) is 8.51. The molecular weight excluding hydrogens is 300 g/mol.